The number of halogens is 1. The fourth-order valence-corrected chi connectivity index (χ4v) is 1.73. The van der Waals surface area contributed by atoms with Crippen LogP contribution in [-0.2, 0) is 0 Å². The van der Waals surface area contributed by atoms with Gasteiger partial charge in [-0.2, -0.15) is 0 Å². The molecule has 100 valence electrons. The molecule has 0 saturated heterocycles. The summed E-state index contributed by atoms with van der Waals surface area (Å²) >= 11 is 3.33. The van der Waals surface area contributed by atoms with Crippen molar-refractivity contribution in [3.05, 3.63) is 22.3 Å². The predicted octanol–water partition coefficient (Wildman–Crippen LogP) is 1.25. The fraction of sp³-hybridized carbons (Fsp3) is 0.500. The van der Waals surface area contributed by atoms with Crippen molar-refractivity contribution in [3.8, 4) is 0 Å². The maximum absolute atomic E-state index is 12.1. The number of anilines is 1. The SMILES string of the molecule is CNC(C)CNC(=O)c1cc(Br)cnc1N(C)C. The van der Waals surface area contributed by atoms with Gasteiger partial charge in [-0.25, -0.2) is 4.98 Å². The van der Waals surface area contributed by atoms with Gasteiger partial charge >= 0.3 is 0 Å². The molecule has 0 saturated carbocycles. The number of nitrogens with one attached hydrogen (secondary N) is 2. The van der Waals surface area contributed by atoms with E-state index in [4.69, 9.17) is 0 Å². The first kappa shape index (κ1) is 14.9. The molecule has 1 heterocycles. The Kier molecular flexibility index (Phi) is 5.55. The monoisotopic (exact) mass is 314 g/mol. The van der Waals surface area contributed by atoms with Crippen molar-refractivity contribution in [1.29, 1.82) is 0 Å². The van der Waals surface area contributed by atoms with Crippen LogP contribution in [-0.4, -0.2) is 44.6 Å². The standard InChI is InChI=1S/C12H19BrN4O/c1-8(14-2)6-16-12(18)10-5-9(13)7-15-11(10)17(3)4/h5,7-8,14H,6H2,1-4H3,(H,16,18). The topological polar surface area (TPSA) is 57.3 Å². The minimum Gasteiger partial charge on any atom is -0.362 e. The molecule has 0 radical (unpaired) electrons. The van der Waals surface area contributed by atoms with Crippen LogP contribution in [0.25, 0.3) is 0 Å². The van der Waals surface area contributed by atoms with Gasteiger partial charge in [-0.05, 0) is 36.0 Å². The smallest absolute Gasteiger partial charge is 0.255 e. The Hall–Kier alpha value is -1.14. The number of carbonyl (C=O) groups excluding carboxylic acids is 1. The van der Waals surface area contributed by atoms with Gasteiger partial charge in [-0.3, -0.25) is 4.79 Å². The first-order chi connectivity index (χ1) is 8.45. The van der Waals surface area contributed by atoms with E-state index in [2.05, 4.69) is 31.5 Å². The van der Waals surface area contributed by atoms with Gasteiger partial charge in [0.2, 0.25) is 0 Å². The molecule has 1 unspecified atom stereocenters. The van der Waals surface area contributed by atoms with Gasteiger partial charge in [0.1, 0.15) is 5.82 Å². The lowest BCUT2D eigenvalue weighted by molar-refractivity contribution is 0.0950. The average Bonchev–Trinajstić information content (AvgIpc) is 2.34. The summed E-state index contributed by atoms with van der Waals surface area (Å²) in [4.78, 5) is 18.2. The summed E-state index contributed by atoms with van der Waals surface area (Å²) in [5, 5.41) is 5.95. The Balaban J connectivity index is 2.87. The first-order valence-electron chi connectivity index (χ1n) is 5.74. The van der Waals surface area contributed by atoms with Crippen LogP contribution in [0.3, 0.4) is 0 Å². The summed E-state index contributed by atoms with van der Waals surface area (Å²) in [5.74, 6) is 0.544. The van der Waals surface area contributed by atoms with Crippen molar-refractivity contribution in [2.24, 2.45) is 0 Å². The van der Waals surface area contributed by atoms with Crippen LogP contribution in [0.4, 0.5) is 5.82 Å². The molecule has 6 heteroatoms. The second-order valence-electron chi connectivity index (χ2n) is 4.32. The van der Waals surface area contributed by atoms with Gasteiger partial charge in [-0.1, -0.05) is 0 Å². The number of hydrogen-bond acceptors (Lipinski definition) is 4. The zero-order valence-corrected chi connectivity index (χ0v) is 12.7. The molecule has 5 nitrogen and oxygen atoms in total. The molecule has 1 aromatic rings. The fourth-order valence-electron chi connectivity index (χ4n) is 1.40. The van der Waals surface area contributed by atoms with Crippen molar-refractivity contribution in [2.75, 3.05) is 32.6 Å². The molecule has 0 aliphatic rings. The Bertz CT molecular complexity index is 423. The van der Waals surface area contributed by atoms with Crippen molar-refractivity contribution in [1.82, 2.24) is 15.6 Å². The molecular formula is C12H19BrN4O. The Labute approximate surface area is 116 Å². The average molecular weight is 315 g/mol. The van der Waals surface area contributed by atoms with Gasteiger partial charge in [0.15, 0.2) is 0 Å². The summed E-state index contributed by atoms with van der Waals surface area (Å²) in [6.07, 6.45) is 1.68. The zero-order chi connectivity index (χ0) is 13.7. The van der Waals surface area contributed by atoms with Crippen LogP contribution in [0.1, 0.15) is 17.3 Å². The molecule has 2 N–H and O–H groups in total. The van der Waals surface area contributed by atoms with E-state index in [1.54, 1.807) is 12.3 Å². The molecule has 1 rings (SSSR count). The molecule has 0 fully saturated rings. The molecule has 0 aliphatic carbocycles. The lowest BCUT2D eigenvalue weighted by Crippen LogP contribution is -2.37. The van der Waals surface area contributed by atoms with E-state index in [1.165, 1.54) is 0 Å². The van der Waals surface area contributed by atoms with Crippen LogP contribution in [0.5, 0.6) is 0 Å². The number of carbonyl (C=O) groups is 1. The maximum Gasteiger partial charge on any atom is 0.255 e. The van der Waals surface area contributed by atoms with Crippen molar-refractivity contribution in [3.63, 3.8) is 0 Å². The van der Waals surface area contributed by atoms with Crippen LogP contribution in [0.2, 0.25) is 0 Å². The Morgan fingerprint density at radius 3 is 2.78 bits per heavy atom. The second kappa shape index (κ2) is 6.70. The lowest BCUT2D eigenvalue weighted by Gasteiger charge is -2.17. The molecule has 0 aromatic carbocycles. The molecule has 0 aliphatic heterocycles. The summed E-state index contributed by atoms with van der Waals surface area (Å²) in [6, 6.07) is 2.01. The number of rotatable bonds is 5. The highest BCUT2D eigenvalue weighted by Gasteiger charge is 2.15. The highest BCUT2D eigenvalue weighted by Crippen LogP contribution is 2.19. The highest BCUT2D eigenvalue weighted by molar-refractivity contribution is 9.10. The third-order valence-electron chi connectivity index (χ3n) is 2.56. The number of aromatic nitrogens is 1. The molecule has 0 bridgehead atoms. The van der Waals surface area contributed by atoms with Crippen molar-refractivity contribution < 1.29 is 4.79 Å². The molecule has 1 amide bonds. The van der Waals surface area contributed by atoms with Gasteiger partial charge < -0.3 is 15.5 Å². The largest absolute Gasteiger partial charge is 0.362 e. The summed E-state index contributed by atoms with van der Waals surface area (Å²) in [6.45, 7) is 2.58. The third kappa shape index (κ3) is 3.96. The summed E-state index contributed by atoms with van der Waals surface area (Å²) in [7, 11) is 5.59. The van der Waals surface area contributed by atoms with E-state index in [0.29, 0.717) is 17.9 Å². The molecule has 0 spiro atoms. The van der Waals surface area contributed by atoms with Crippen molar-refractivity contribution >= 4 is 27.7 Å². The maximum atomic E-state index is 12.1. The minimum atomic E-state index is -0.116. The molecule has 18 heavy (non-hydrogen) atoms. The normalized spacial score (nSPS) is 12.1. The van der Waals surface area contributed by atoms with E-state index < -0.39 is 0 Å². The first-order valence-corrected chi connectivity index (χ1v) is 6.53. The predicted molar refractivity (Wildman–Crippen MR) is 77.1 cm³/mol. The summed E-state index contributed by atoms with van der Waals surface area (Å²) in [5.41, 5.74) is 0.567. The quantitative estimate of drug-likeness (QED) is 0.859. The van der Waals surface area contributed by atoms with Gasteiger partial charge in [0.05, 0.1) is 5.56 Å². The molecule has 1 aromatic heterocycles. The van der Waals surface area contributed by atoms with E-state index in [1.807, 2.05) is 33.0 Å². The van der Waals surface area contributed by atoms with Gasteiger partial charge in [-0.15, -0.1) is 0 Å². The number of pyridine rings is 1. The van der Waals surface area contributed by atoms with E-state index >= 15 is 0 Å². The van der Waals surface area contributed by atoms with Crippen LogP contribution in [0.15, 0.2) is 16.7 Å². The van der Waals surface area contributed by atoms with E-state index in [9.17, 15) is 4.79 Å². The molecule has 1 atom stereocenters. The third-order valence-corrected chi connectivity index (χ3v) is 3.00. The number of likely N-dealkylation sites (N-methyl/N-ethyl adjacent to an activating group) is 1. The minimum absolute atomic E-state index is 0.116. The van der Waals surface area contributed by atoms with Crippen molar-refractivity contribution in [2.45, 2.75) is 13.0 Å². The highest BCUT2D eigenvalue weighted by atomic mass is 79.9. The van der Waals surface area contributed by atoms with Gasteiger partial charge in [0.25, 0.3) is 5.91 Å². The summed E-state index contributed by atoms with van der Waals surface area (Å²) < 4.78 is 0.792. The Morgan fingerprint density at radius 1 is 1.56 bits per heavy atom. The number of hydrogen-bond donors (Lipinski definition) is 2. The Morgan fingerprint density at radius 2 is 2.22 bits per heavy atom. The van der Waals surface area contributed by atoms with Crippen LogP contribution < -0.4 is 15.5 Å². The zero-order valence-electron chi connectivity index (χ0n) is 11.1. The number of amides is 1. The van der Waals surface area contributed by atoms with E-state index in [-0.39, 0.29) is 11.9 Å². The molecular weight excluding hydrogens is 296 g/mol. The number of nitrogens with zero attached hydrogens (tertiary/aromatic N) is 2. The van der Waals surface area contributed by atoms with Gasteiger partial charge in [0, 0.05) is 37.4 Å². The lowest BCUT2D eigenvalue weighted by atomic mass is 10.2. The second-order valence-corrected chi connectivity index (χ2v) is 5.23. The van der Waals surface area contributed by atoms with E-state index in [0.717, 1.165) is 4.47 Å². The van der Waals surface area contributed by atoms with Crippen LogP contribution in [0, 0.1) is 0 Å². The van der Waals surface area contributed by atoms with Crippen LogP contribution >= 0.6 is 15.9 Å².